The lowest BCUT2D eigenvalue weighted by atomic mass is 10.1. The molecule has 1 aliphatic heterocycles. The average molecular weight is 439 g/mol. The molecule has 0 radical (unpaired) electrons. The molecular formula is C9H13FN2O11P2S. The van der Waals surface area contributed by atoms with E-state index in [1.807, 2.05) is 0 Å². The van der Waals surface area contributed by atoms with Crippen LogP contribution in [0.2, 0.25) is 0 Å². The molecule has 0 aromatic carbocycles. The van der Waals surface area contributed by atoms with Crippen molar-refractivity contribution in [2.24, 2.45) is 0 Å². The molecule has 2 heterocycles. The number of halogens is 1. The summed E-state index contributed by atoms with van der Waals surface area (Å²) in [7, 11) is -11.0. The zero-order valence-corrected chi connectivity index (χ0v) is 14.9. The fourth-order valence-corrected chi connectivity index (χ4v) is 3.64. The van der Waals surface area contributed by atoms with Crippen LogP contribution in [0.3, 0.4) is 0 Å². The molecular weight excluding hydrogens is 425 g/mol. The summed E-state index contributed by atoms with van der Waals surface area (Å²) in [5.74, 6) is -3.54. The number of aromatic nitrogens is 2. The minimum atomic E-state index is -5.51. The summed E-state index contributed by atoms with van der Waals surface area (Å²) >= 11 is 4.68. The highest BCUT2D eigenvalue weighted by molar-refractivity contribution is 7.71. The van der Waals surface area contributed by atoms with Gasteiger partial charge in [0.15, 0.2) is 6.20 Å². The molecule has 1 aliphatic rings. The molecule has 1 aromatic rings. The lowest BCUT2D eigenvalue weighted by Crippen LogP contribution is -2.42. The summed E-state index contributed by atoms with van der Waals surface area (Å²) in [6, 6.07) is 1.10. The minimum Gasteiger partial charge on any atom is -0.385 e. The quantitative estimate of drug-likeness (QED) is 0.235. The van der Waals surface area contributed by atoms with Crippen LogP contribution < -0.4 is 5.69 Å². The van der Waals surface area contributed by atoms with Crippen molar-refractivity contribution in [3.63, 3.8) is 0 Å². The fourth-order valence-electron chi connectivity index (χ4n) is 1.89. The molecule has 17 heteroatoms. The molecule has 148 valence electrons. The number of phosphoric ester groups is 1. The summed E-state index contributed by atoms with van der Waals surface area (Å²) < 4.78 is 57.1. The van der Waals surface area contributed by atoms with Crippen LogP contribution in [0.4, 0.5) is 4.39 Å². The molecule has 1 fully saturated rings. The molecule has 26 heavy (non-hydrogen) atoms. The van der Waals surface area contributed by atoms with Gasteiger partial charge in [-0.3, -0.25) is 14.1 Å². The first-order chi connectivity index (χ1) is 12.1. The van der Waals surface area contributed by atoms with Crippen LogP contribution in [-0.4, -0.2) is 59.1 Å². The van der Waals surface area contributed by atoms with Gasteiger partial charge in [0.2, 0.25) is 0 Å². The van der Waals surface area contributed by atoms with Gasteiger partial charge in [0.1, 0.15) is 23.5 Å². The predicted octanol–water partition coefficient (Wildman–Crippen LogP) is -0.951. The van der Waals surface area contributed by atoms with Crippen molar-refractivity contribution < 1.29 is 53.4 Å². The molecule has 1 saturated heterocycles. The number of aromatic amines is 1. The Labute approximate surface area is 149 Å². The summed E-state index contributed by atoms with van der Waals surface area (Å²) in [5.41, 5.74) is -1.11. The first kappa shape index (κ1) is 19.9. The lowest BCUT2D eigenvalue weighted by Gasteiger charge is -2.23. The Bertz CT molecular complexity index is 937. The largest absolute Gasteiger partial charge is 0.481 e. The molecule has 0 saturated carbocycles. The van der Waals surface area contributed by atoms with E-state index in [9.17, 15) is 28.5 Å². The van der Waals surface area contributed by atoms with Crippen LogP contribution in [0, 0.1) is 4.64 Å². The van der Waals surface area contributed by atoms with E-state index >= 15 is 0 Å². The van der Waals surface area contributed by atoms with Crippen LogP contribution in [-0.2, 0) is 22.7 Å². The first-order valence-corrected chi connectivity index (χ1v) is 9.85. The van der Waals surface area contributed by atoms with Gasteiger partial charge >= 0.3 is 21.3 Å². The third kappa shape index (κ3) is 4.91. The summed E-state index contributed by atoms with van der Waals surface area (Å²) in [6.07, 6.45) is -7.04. The van der Waals surface area contributed by atoms with E-state index in [1.54, 1.807) is 0 Å². The fraction of sp³-hybridized carbons (Fsp3) is 0.556. The molecule has 5 atom stereocenters. The van der Waals surface area contributed by atoms with Crippen molar-refractivity contribution in [1.82, 2.24) is 9.55 Å². The van der Waals surface area contributed by atoms with Crippen molar-refractivity contribution in [2.45, 2.75) is 24.3 Å². The lowest BCUT2D eigenvalue weighted by molar-refractivity contribution is -0.204. The minimum absolute atomic E-state index is 0.0569. The van der Waals surface area contributed by atoms with Crippen LogP contribution >= 0.6 is 27.9 Å². The maximum absolute atomic E-state index is 14.8. The number of nitrogens with one attached hydrogen (secondary N) is 1. The summed E-state index contributed by atoms with van der Waals surface area (Å²) in [6.45, 7) is -1.70. The second kappa shape index (κ2) is 7.30. The zero-order valence-electron chi connectivity index (χ0n) is 13.3. The topological polar surface area (TPSA) is 201 Å². The van der Waals surface area contributed by atoms with Crippen LogP contribution in [0.1, 0.15) is 7.57 Å². The molecule has 6 N–H and O–H groups in total. The number of phosphoric acid groups is 2. The number of nitrogens with zero attached hydrogens (tertiary/aromatic N) is 1. The number of hydrogen-bond donors (Lipinski definition) is 6. The van der Waals surface area contributed by atoms with Crippen molar-refractivity contribution in [1.29, 1.82) is 0 Å². The van der Waals surface area contributed by atoms with Crippen molar-refractivity contribution in [2.75, 3.05) is 6.61 Å². The van der Waals surface area contributed by atoms with Crippen molar-refractivity contribution in [3.8, 4) is 0 Å². The smallest absolute Gasteiger partial charge is 0.385 e. The molecule has 13 nitrogen and oxygen atoms in total. The van der Waals surface area contributed by atoms with Crippen LogP contribution in [0.5, 0.6) is 0 Å². The Morgan fingerprint density at radius 1 is 1.46 bits per heavy atom. The van der Waals surface area contributed by atoms with Gasteiger partial charge in [0.25, 0.3) is 5.85 Å². The molecule has 2 rings (SSSR count). The molecule has 0 spiro atoms. The number of aliphatic hydroxyl groups is 2. The summed E-state index contributed by atoms with van der Waals surface area (Å²) in [5, 5.41) is 19.8. The van der Waals surface area contributed by atoms with E-state index < -0.39 is 52.2 Å². The van der Waals surface area contributed by atoms with Gasteiger partial charge in [-0.1, -0.05) is 12.2 Å². The molecule has 1 aromatic heterocycles. The first-order valence-electron chi connectivity index (χ1n) is 6.92. The van der Waals surface area contributed by atoms with Crippen molar-refractivity contribution >= 4 is 27.9 Å². The van der Waals surface area contributed by atoms with Gasteiger partial charge in [0.05, 0.1) is 1.37 Å². The Morgan fingerprint density at radius 3 is 2.62 bits per heavy atom. The van der Waals surface area contributed by atoms with Gasteiger partial charge in [0, 0.05) is 6.20 Å². The van der Waals surface area contributed by atoms with Crippen molar-refractivity contribution in [3.05, 3.63) is 27.4 Å². The van der Waals surface area contributed by atoms with E-state index in [-0.39, 0.29) is 4.64 Å². The predicted molar refractivity (Wildman–Crippen MR) is 80.8 cm³/mol. The number of alkyl halides is 1. The Balaban J connectivity index is 2.29. The Kier molecular flexibility index (Phi) is 5.59. The highest BCUT2D eigenvalue weighted by Gasteiger charge is 2.57. The second-order valence-corrected chi connectivity index (χ2v) is 8.18. The van der Waals surface area contributed by atoms with Crippen LogP contribution in [0.25, 0.3) is 0 Å². The number of hydrogen-bond acceptors (Lipinski definition) is 9. The third-order valence-electron chi connectivity index (χ3n) is 2.96. The highest BCUT2D eigenvalue weighted by atomic mass is 32.1. The monoisotopic (exact) mass is 439 g/mol. The summed E-state index contributed by atoms with van der Waals surface area (Å²) in [4.78, 5) is 40.0. The molecule has 0 amide bonds. The van der Waals surface area contributed by atoms with Gasteiger partial charge < -0.3 is 29.6 Å². The van der Waals surface area contributed by atoms with E-state index in [0.717, 1.165) is 12.3 Å². The normalized spacial score (nSPS) is 35.1. The van der Waals surface area contributed by atoms with E-state index in [4.69, 9.17) is 16.1 Å². The van der Waals surface area contributed by atoms with Crippen LogP contribution in [0.15, 0.2) is 17.1 Å². The van der Waals surface area contributed by atoms with Gasteiger partial charge in [-0.05, 0) is 6.07 Å². The second-order valence-electron chi connectivity index (χ2n) is 4.91. The van der Waals surface area contributed by atoms with E-state index in [1.165, 1.54) is 0 Å². The number of aliphatic hydroxyl groups excluding tert-OH is 2. The maximum Gasteiger partial charge on any atom is 0.481 e. The SMILES string of the molecule is [2H][C@@]1(n2ccc(=S)[nH]c2=O)O[C@](F)(COP(=O)(O)OP(=O)(O)O)[C@@H](O)[C@H]1O. The van der Waals surface area contributed by atoms with Gasteiger partial charge in [-0.15, -0.1) is 0 Å². The zero-order chi connectivity index (χ0) is 20.8. The highest BCUT2D eigenvalue weighted by Crippen LogP contribution is 2.58. The third-order valence-corrected chi connectivity index (χ3v) is 5.33. The average Bonchev–Trinajstić information content (AvgIpc) is 2.65. The Hall–Kier alpha value is -0.830. The maximum atomic E-state index is 14.8. The number of ether oxygens (including phenoxy) is 1. The van der Waals surface area contributed by atoms with Gasteiger partial charge in [-0.2, -0.15) is 4.31 Å². The van der Waals surface area contributed by atoms with Gasteiger partial charge in [-0.25, -0.2) is 18.3 Å². The van der Waals surface area contributed by atoms with E-state index in [0.29, 0.717) is 4.57 Å². The number of rotatable bonds is 6. The molecule has 0 bridgehead atoms. The number of H-pyrrole nitrogens is 1. The Morgan fingerprint density at radius 2 is 2.08 bits per heavy atom. The standard InChI is InChI=1S/C9H13FN2O11P2S/c10-9(3-21-25(19,20)23-24(16,17)18)6(14)5(13)7(22-9)12-2-1-4(26)11-8(12)15/h1-2,5-7,13-14H,3H2,(H,19,20)(H,11,15,26)(H2,16,17,18)/t5-,6+,7-,9-/m1/s1/i7D. The molecule has 1 unspecified atom stereocenters. The van der Waals surface area contributed by atoms with E-state index in [2.05, 4.69) is 30.8 Å². The molecule has 0 aliphatic carbocycles.